The normalized spacial score (nSPS) is 10.7. The van der Waals surface area contributed by atoms with E-state index in [9.17, 15) is 0 Å². The number of hydrogen-bond acceptors (Lipinski definition) is 2. The minimum atomic E-state index is 0.999. The molecule has 2 nitrogen and oxygen atoms in total. The first kappa shape index (κ1) is 10.1. The van der Waals surface area contributed by atoms with Gasteiger partial charge in [0.1, 0.15) is 0 Å². The molecule has 0 saturated carbocycles. The monoisotopic (exact) mass is 248 g/mol. The minimum Gasteiger partial charge on any atom is -0.268 e. The van der Waals surface area contributed by atoms with Crippen molar-refractivity contribution >= 4 is 27.7 Å². The van der Waals surface area contributed by atoms with Crippen molar-refractivity contribution in [2.45, 2.75) is 20.4 Å². The molecule has 0 saturated heterocycles. The molecule has 0 aromatic carbocycles. The van der Waals surface area contributed by atoms with E-state index in [-0.39, 0.29) is 0 Å². The van der Waals surface area contributed by atoms with E-state index in [1.165, 1.54) is 5.69 Å². The number of aromatic nitrogens is 2. The van der Waals surface area contributed by atoms with Gasteiger partial charge in [-0.25, -0.2) is 0 Å². The average Bonchev–Trinajstić information content (AvgIpc) is 2.30. The summed E-state index contributed by atoms with van der Waals surface area (Å²) in [6.45, 7) is 5.11. The topological polar surface area (TPSA) is 17.8 Å². The van der Waals surface area contributed by atoms with Crippen molar-refractivity contribution in [3.8, 4) is 0 Å². The van der Waals surface area contributed by atoms with Crippen LogP contribution in [0.1, 0.15) is 11.4 Å². The van der Waals surface area contributed by atoms with E-state index in [1.807, 2.05) is 18.7 Å². The van der Waals surface area contributed by atoms with Gasteiger partial charge >= 0.3 is 0 Å². The Kier molecular flexibility index (Phi) is 3.65. The zero-order valence-electron chi connectivity index (χ0n) is 7.59. The molecule has 0 aliphatic rings. The van der Waals surface area contributed by atoms with Crippen molar-refractivity contribution in [1.29, 1.82) is 0 Å². The Labute approximate surface area is 85.9 Å². The highest BCUT2D eigenvalue weighted by atomic mass is 79.9. The van der Waals surface area contributed by atoms with E-state index in [1.54, 1.807) is 0 Å². The molecular weight excluding hydrogens is 236 g/mol. The van der Waals surface area contributed by atoms with Gasteiger partial charge in [0.25, 0.3) is 0 Å². The predicted octanol–water partition coefficient (Wildman–Crippen LogP) is 2.63. The molecule has 4 heteroatoms. The molecule has 0 fully saturated rings. The molecule has 0 aliphatic heterocycles. The van der Waals surface area contributed by atoms with Crippen LogP contribution in [0.2, 0.25) is 0 Å². The summed E-state index contributed by atoms with van der Waals surface area (Å²) in [5.41, 5.74) is 2.30. The molecule has 0 radical (unpaired) electrons. The van der Waals surface area contributed by atoms with Gasteiger partial charge in [-0.2, -0.15) is 16.9 Å². The number of aryl methyl sites for hydroxylation is 2. The lowest BCUT2D eigenvalue weighted by atomic mass is 10.4. The molecule has 0 aliphatic carbocycles. The van der Waals surface area contributed by atoms with Crippen LogP contribution in [0.4, 0.5) is 0 Å². The van der Waals surface area contributed by atoms with Crippen LogP contribution in [0.5, 0.6) is 0 Å². The van der Waals surface area contributed by atoms with E-state index in [4.69, 9.17) is 0 Å². The Morgan fingerprint density at radius 1 is 1.50 bits per heavy atom. The molecule has 1 heterocycles. The van der Waals surface area contributed by atoms with Crippen molar-refractivity contribution in [2.75, 3.05) is 12.0 Å². The Balaban J connectivity index is 2.79. The molecule has 1 rings (SSSR count). The van der Waals surface area contributed by atoms with Crippen LogP contribution in [-0.2, 0) is 6.54 Å². The summed E-state index contributed by atoms with van der Waals surface area (Å²) in [6, 6.07) is 0. The zero-order chi connectivity index (χ0) is 9.14. The Morgan fingerprint density at radius 2 is 2.17 bits per heavy atom. The van der Waals surface area contributed by atoms with Gasteiger partial charge in [-0.1, -0.05) is 0 Å². The Hall–Kier alpha value is 0.0400. The maximum absolute atomic E-state index is 4.40. The van der Waals surface area contributed by atoms with E-state index in [0.29, 0.717) is 0 Å². The SMILES string of the molecule is CSCCn1nc(C)c(Br)c1C. The summed E-state index contributed by atoms with van der Waals surface area (Å²) >= 11 is 5.35. The van der Waals surface area contributed by atoms with Gasteiger partial charge in [0.05, 0.1) is 16.7 Å². The Morgan fingerprint density at radius 3 is 2.58 bits per heavy atom. The molecule has 1 aromatic heterocycles. The third-order valence-electron chi connectivity index (χ3n) is 1.80. The first-order chi connectivity index (χ1) is 5.66. The van der Waals surface area contributed by atoms with Crippen molar-refractivity contribution < 1.29 is 0 Å². The smallest absolute Gasteiger partial charge is 0.0738 e. The van der Waals surface area contributed by atoms with Crippen molar-refractivity contribution in [3.63, 3.8) is 0 Å². The second kappa shape index (κ2) is 4.33. The fraction of sp³-hybridized carbons (Fsp3) is 0.625. The quantitative estimate of drug-likeness (QED) is 0.819. The van der Waals surface area contributed by atoms with Crippen molar-refractivity contribution in [1.82, 2.24) is 9.78 Å². The first-order valence-corrected chi connectivity index (χ1v) is 6.04. The first-order valence-electron chi connectivity index (χ1n) is 3.85. The Bertz CT molecular complexity index is 270. The molecule has 0 unspecified atom stereocenters. The highest BCUT2D eigenvalue weighted by molar-refractivity contribution is 9.10. The highest BCUT2D eigenvalue weighted by Gasteiger charge is 2.07. The zero-order valence-corrected chi connectivity index (χ0v) is 10.00. The van der Waals surface area contributed by atoms with Gasteiger partial charge in [-0.15, -0.1) is 0 Å². The molecule has 0 spiro atoms. The molecule has 0 amide bonds. The minimum absolute atomic E-state index is 0.999. The highest BCUT2D eigenvalue weighted by Crippen LogP contribution is 2.19. The van der Waals surface area contributed by atoms with Crippen molar-refractivity contribution in [2.24, 2.45) is 0 Å². The molecule has 0 atom stereocenters. The van der Waals surface area contributed by atoms with Crippen LogP contribution in [0, 0.1) is 13.8 Å². The van der Waals surface area contributed by atoms with Crippen LogP contribution >= 0.6 is 27.7 Å². The number of rotatable bonds is 3. The predicted molar refractivity (Wildman–Crippen MR) is 57.8 cm³/mol. The summed E-state index contributed by atoms with van der Waals surface area (Å²) in [5, 5.41) is 4.40. The molecule has 68 valence electrons. The molecule has 12 heavy (non-hydrogen) atoms. The van der Waals surface area contributed by atoms with E-state index < -0.39 is 0 Å². The lowest BCUT2D eigenvalue weighted by molar-refractivity contribution is 0.640. The summed E-state index contributed by atoms with van der Waals surface area (Å²) in [6.07, 6.45) is 2.11. The van der Waals surface area contributed by atoms with Gasteiger partial charge in [0.15, 0.2) is 0 Å². The second-order valence-corrected chi connectivity index (χ2v) is 4.48. The van der Waals surface area contributed by atoms with Gasteiger partial charge < -0.3 is 0 Å². The largest absolute Gasteiger partial charge is 0.268 e. The van der Waals surface area contributed by atoms with Gasteiger partial charge in [0.2, 0.25) is 0 Å². The van der Waals surface area contributed by atoms with Gasteiger partial charge in [-0.3, -0.25) is 4.68 Å². The van der Waals surface area contributed by atoms with Crippen LogP contribution in [-0.4, -0.2) is 21.8 Å². The van der Waals surface area contributed by atoms with Crippen LogP contribution in [0.3, 0.4) is 0 Å². The van der Waals surface area contributed by atoms with Crippen LogP contribution in [0.25, 0.3) is 0 Å². The lowest BCUT2D eigenvalue weighted by Crippen LogP contribution is -2.04. The van der Waals surface area contributed by atoms with Gasteiger partial charge in [-0.05, 0) is 36.0 Å². The maximum Gasteiger partial charge on any atom is 0.0738 e. The standard InChI is InChI=1S/C8H13BrN2S/c1-6-8(9)7(2)11(10-6)4-5-12-3/h4-5H2,1-3H3. The number of nitrogens with zero attached hydrogens (tertiary/aromatic N) is 2. The fourth-order valence-corrected chi connectivity index (χ4v) is 1.71. The summed E-state index contributed by atoms with van der Waals surface area (Å²) in [4.78, 5) is 0. The molecule has 1 aromatic rings. The second-order valence-electron chi connectivity index (χ2n) is 2.70. The molecular formula is C8H13BrN2S. The van der Waals surface area contributed by atoms with Crippen molar-refractivity contribution in [3.05, 3.63) is 15.9 Å². The third kappa shape index (κ3) is 2.04. The molecule has 0 N–H and O–H groups in total. The number of hydrogen-bond donors (Lipinski definition) is 0. The molecule has 0 bridgehead atoms. The lowest BCUT2D eigenvalue weighted by Gasteiger charge is -2.01. The number of halogens is 1. The summed E-state index contributed by atoms with van der Waals surface area (Å²) < 4.78 is 3.19. The summed E-state index contributed by atoms with van der Waals surface area (Å²) in [5.74, 6) is 1.12. The van der Waals surface area contributed by atoms with Gasteiger partial charge in [0, 0.05) is 11.4 Å². The number of thioether (sulfide) groups is 1. The fourth-order valence-electron chi connectivity index (χ4n) is 1.07. The van der Waals surface area contributed by atoms with E-state index in [0.717, 1.165) is 22.5 Å². The average molecular weight is 249 g/mol. The van der Waals surface area contributed by atoms with Crippen LogP contribution in [0.15, 0.2) is 4.47 Å². The summed E-state index contributed by atoms with van der Waals surface area (Å²) in [7, 11) is 0. The maximum atomic E-state index is 4.40. The van der Waals surface area contributed by atoms with E-state index >= 15 is 0 Å². The third-order valence-corrected chi connectivity index (χ3v) is 3.54. The van der Waals surface area contributed by atoms with Crippen LogP contribution < -0.4 is 0 Å². The van der Waals surface area contributed by atoms with E-state index in [2.05, 4.69) is 38.9 Å².